The van der Waals surface area contributed by atoms with Crippen LogP contribution in [0.3, 0.4) is 0 Å². The summed E-state index contributed by atoms with van der Waals surface area (Å²) >= 11 is 0. The molecule has 0 radical (unpaired) electrons. The van der Waals surface area contributed by atoms with Gasteiger partial charge in [-0.3, -0.25) is 4.79 Å². The number of ether oxygens (including phenoxy) is 2. The van der Waals surface area contributed by atoms with E-state index in [9.17, 15) is 14.7 Å². The standard InChI is InChI=1S/C16H24O5Si/c1-22(2,3)10-9-20-15(18)11-14(17)16(19)21-12-13-7-5-4-6-8-13/h4-8,14,17H,9-12H2,1-3H3/t14-/m0/s1. The zero-order valence-corrected chi connectivity index (χ0v) is 14.4. The number of hydrogen-bond donors (Lipinski definition) is 1. The lowest BCUT2D eigenvalue weighted by Gasteiger charge is -2.15. The highest BCUT2D eigenvalue weighted by molar-refractivity contribution is 6.76. The zero-order chi connectivity index (χ0) is 16.6. The highest BCUT2D eigenvalue weighted by atomic mass is 28.3. The minimum absolute atomic E-state index is 0.0708. The number of hydrogen-bond acceptors (Lipinski definition) is 5. The van der Waals surface area contributed by atoms with Gasteiger partial charge in [0.25, 0.3) is 0 Å². The van der Waals surface area contributed by atoms with Crippen LogP contribution >= 0.6 is 0 Å². The molecule has 1 aromatic rings. The molecule has 1 atom stereocenters. The molecular weight excluding hydrogens is 300 g/mol. The molecule has 0 spiro atoms. The first kappa shape index (κ1) is 18.4. The Morgan fingerprint density at radius 2 is 1.77 bits per heavy atom. The molecule has 0 bridgehead atoms. The van der Waals surface area contributed by atoms with Crippen LogP contribution < -0.4 is 0 Å². The van der Waals surface area contributed by atoms with Crippen molar-refractivity contribution >= 4 is 20.0 Å². The van der Waals surface area contributed by atoms with Gasteiger partial charge in [0.05, 0.1) is 13.0 Å². The van der Waals surface area contributed by atoms with Crippen LogP contribution in [0.4, 0.5) is 0 Å². The first-order valence-corrected chi connectivity index (χ1v) is 11.0. The molecule has 1 N–H and O–H groups in total. The first-order valence-electron chi connectivity index (χ1n) is 7.32. The number of rotatable bonds is 8. The predicted molar refractivity (Wildman–Crippen MR) is 86.0 cm³/mol. The van der Waals surface area contributed by atoms with E-state index in [2.05, 4.69) is 19.6 Å². The van der Waals surface area contributed by atoms with Gasteiger partial charge in [0.15, 0.2) is 6.10 Å². The Hall–Kier alpha value is -1.66. The van der Waals surface area contributed by atoms with Crippen LogP contribution in [0.15, 0.2) is 30.3 Å². The topological polar surface area (TPSA) is 72.8 Å². The summed E-state index contributed by atoms with van der Waals surface area (Å²) in [6.45, 7) is 6.94. The summed E-state index contributed by atoms with van der Waals surface area (Å²) in [5, 5.41) is 9.66. The summed E-state index contributed by atoms with van der Waals surface area (Å²) < 4.78 is 9.99. The Morgan fingerprint density at radius 1 is 1.14 bits per heavy atom. The van der Waals surface area contributed by atoms with Gasteiger partial charge in [-0.05, 0) is 11.6 Å². The average molecular weight is 324 g/mol. The summed E-state index contributed by atoms with van der Waals surface area (Å²) in [6.07, 6.45) is -1.86. The molecule has 0 unspecified atom stereocenters. The van der Waals surface area contributed by atoms with Crippen molar-refractivity contribution in [2.24, 2.45) is 0 Å². The molecule has 0 saturated carbocycles. The van der Waals surface area contributed by atoms with Crippen LogP contribution in [-0.2, 0) is 25.7 Å². The van der Waals surface area contributed by atoms with Gasteiger partial charge in [0.2, 0.25) is 0 Å². The maximum atomic E-state index is 11.6. The van der Waals surface area contributed by atoms with Gasteiger partial charge >= 0.3 is 11.9 Å². The third-order valence-corrected chi connectivity index (χ3v) is 4.68. The third kappa shape index (κ3) is 7.95. The van der Waals surface area contributed by atoms with Crippen LogP contribution in [-0.4, -0.2) is 37.8 Å². The van der Waals surface area contributed by atoms with Gasteiger partial charge in [-0.1, -0.05) is 50.0 Å². The maximum Gasteiger partial charge on any atom is 0.335 e. The molecule has 0 aromatic heterocycles. The van der Waals surface area contributed by atoms with E-state index in [1.54, 1.807) is 0 Å². The second kappa shape index (κ2) is 8.70. The van der Waals surface area contributed by atoms with Crippen molar-refractivity contribution in [3.63, 3.8) is 0 Å². The molecular formula is C16H24O5Si. The lowest BCUT2D eigenvalue weighted by Crippen LogP contribution is -2.28. The maximum absolute atomic E-state index is 11.6. The van der Waals surface area contributed by atoms with E-state index in [4.69, 9.17) is 9.47 Å². The molecule has 5 nitrogen and oxygen atoms in total. The van der Waals surface area contributed by atoms with E-state index in [0.717, 1.165) is 11.6 Å². The molecule has 0 amide bonds. The lowest BCUT2D eigenvalue weighted by molar-refractivity contribution is -0.160. The minimum Gasteiger partial charge on any atom is -0.466 e. The number of carbonyl (C=O) groups excluding carboxylic acids is 2. The molecule has 0 heterocycles. The smallest absolute Gasteiger partial charge is 0.335 e. The van der Waals surface area contributed by atoms with E-state index < -0.39 is 26.1 Å². The average Bonchev–Trinajstić information content (AvgIpc) is 2.44. The molecule has 0 aliphatic heterocycles. The summed E-state index contributed by atoms with van der Waals surface area (Å²) in [6, 6.07) is 9.99. The van der Waals surface area contributed by atoms with Crippen LogP contribution in [0.5, 0.6) is 0 Å². The third-order valence-electron chi connectivity index (χ3n) is 2.97. The van der Waals surface area contributed by atoms with Crippen molar-refractivity contribution in [2.75, 3.05) is 6.61 Å². The molecule has 0 aliphatic carbocycles. The summed E-state index contributed by atoms with van der Waals surface area (Å²) in [4.78, 5) is 23.2. The number of esters is 2. The van der Waals surface area contributed by atoms with Gasteiger partial charge in [-0.25, -0.2) is 4.79 Å². The van der Waals surface area contributed by atoms with Crippen molar-refractivity contribution in [3.8, 4) is 0 Å². The van der Waals surface area contributed by atoms with E-state index in [1.807, 2.05) is 30.3 Å². The summed E-state index contributed by atoms with van der Waals surface area (Å²) in [5.74, 6) is -1.39. The van der Waals surface area contributed by atoms with Crippen molar-refractivity contribution in [1.29, 1.82) is 0 Å². The van der Waals surface area contributed by atoms with E-state index in [1.165, 1.54) is 0 Å². The quantitative estimate of drug-likeness (QED) is 0.587. The van der Waals surface area contributed by atoms with Crippen molar-refractivity contribution in [2.45, 2.75) is 44.8 Å². The highest BCUT2D eigenvalue weighted by Gasteiger charge is 2.22. The molecule has 1 rings (SSSR count). The monoisotopic (exact) mass is 324 g/mol. The summed E-state index contributed by atoms with van der Waals surface area (Å²) in [5.41, 5.74) is 0.820. The predicted octanol–water partition coefficient (Wildman–Crippen LogP) is 2.36. The molecule has 6 heteroatoms. The van der Waals surface area contributed by atoms with Crippen LogP contribution in [0, 0.1) is 0 Å². The van der Waals surface area contributed by atoms with Gasteiger partial charge in [-0.2, -0.15) is 0 Å². The molecule has 0 fully saturated rings. The Kier molecular flexibility index (Phi) is 7.27. The fraction of sp³-hybridized carbons (Fsp3) is 0.500. The van der Waals surface area contributed by atoms with Gasteiger partial charge in [0.1, 0.15) is 6.61 Å². The van der Waals surface area contributed by atoms with E-state index in [-0.39, 0.29) is 13.0 Å². The second-order valence-electron chi connectivity index (χ2n) is 6.34. The van der Waals surface area contributed by atoms with E-state index in [0.29, 0.717) is 6.61 Å². The Bertz CT molecular complexity index is 481. The largest absolute Gasteiger partial charge is 0.466 e. The van der Waals surface area contributed by atoms with Crippen molar-refractivity contribution in [3.05, 3.63) is 35.9 Å². The second-order valence-corrected chi connectivity index (χ2v) is 12.0. The number of aliphatic hydroxyl groups is 1. The summed E-state index contributed by atoms with van der Waals surface area (Å²) in [7, 11) is -1.27. The fourth-order valence-electron chi connectivity index (χ4n) is 1.60. The molecule has 1 aromatic carbocycles. The molecule has 0 aliphatic rings. The molecule has 0 saturated heterocycles. The Labute approximate surface area is 132 Å². The molecule has 122 valence electrons. The SMILES string of the molecule is C[Si](C)(C)CCOC(=O)C[C@H](O)C(=O)OCc1ccccc1. The van der Waals surface area contributed by atoms with E-state index >= 15 is 0 Å². The zero-order valence-electron chi connectivity index (χ0n) is 13.4. The number of carbonyl (C=O) groups is 2. The lowest BCUT2D eigenvalue weighted by atomic mass is 10.2. The first-order chi connectivity index (χ1) is 10.3. The minimum atomic E-state index is -1.48. The number of benzene rings is 1. The Morgan fingerprint density at radius 3 is 2.36 bits per heavy atom. The normalized spacial score (nSPS) is 12.5. The van der Waals surface area contributed by atoms with Gasteiger partial charge in [-0.15, -0.1) is 0 Å². The molecule has 22 heavy (non-hydrogen) atoms. The van der Waals surface area contributed by atoms with Crippen LogP contribution in [0.25, 0.3) is 0 Å². The van der Waals surface area contributed by atoms with Gasteiger partial charge in [0, 0.05) is 8.07 Å². The van der Waals surface area contributed by atoms with Crippen LogP contribution in [0.1, 0.15) is 12.0 Å². The van der Waals surface area contributed by atoms with Crippen molar-refractivity contribution in [1.82, 2.24) is 0 Å². The fourth-order valence-corrected chi connectivity index (χ4v) is 2.31. The Balaban J connectivity index is 2.27. The number of aliphatic hydroxyl groups excluding tert-OH is 1. The van der Waals surface area contributed by atoms with Gasteiger partial charge < -0.3 is 14.6 Å². The van der Waals surface area contributed by atoms with Crippen LogP contribution in [0.2, 0.25) is 25.7 Å². The van der Waals surface area contributed by atoms with Crippen molar-refractivity contribution < 1.29 is 24.2 Å². The highest BCUT2D eigenvalue weighted by Crippen LogP contribution is 2.09.